The van der Waals surface area contributed by atoms with Crippen LogP contribution in [-0.2, 0) is 32.1 Å². The summed E-state index contributed by atoms with van der Waals surface area (Å²) in [6.45, 7) is 1.83. The molecule has 0 spiro atoms. The standard InChI is InChI=1S/C28H22F6/c1-2-16-12-23(29)22(24(30)13-16)10-5-17-4-9-21-20(11-17)8-7-19(27(21)33)6-3-18-14-25(31)28(34)26(32)15-18/h4,7-9,11-15H,2-3,5-6,10H2,1H3. The van der Waals surface area contributed by atoms with E-state index < -0.39 is 34.9 Å². The van der Waals surface area contributed by atoms with Crippen LogP contribution in [0.15, 0.2) is 54.6 Å². The van der Waals surface area contributed by atoms with Gasteiger partial charge >= 0.3 is 0 Å². The molecule has 0 aromatic heterocycles. The highest BCUT2D eigenvalue weighted by molar-refractivity contribution is 5.84. The van der Waals surface area contributed by atoms with Crippen molar-refractivity contribution < 1.29 is 26.3 Å². The van der Waals surface area contributed by atoms with Gasteiger partial charge in [-0.2, -0.15) is 0 Å². The van der Waals surface area contributed by atoms with Crippen LogP contribution in [0.4, 0.5) is 26.3 Å². The van der Waals surface area contributed by atoms with Crippen molar-refractivity contribution in [3.05, 3.63) is 117 Å². The third-order valence-corrected chi connectivity index (χ3v) is 6.10. The van der Waals surface area contributed by atoms with Crippen LogP contribution in [-0.4, -0.2) is 0 Å². The van der Waals surface area contributed by atoms with Crippen molar-refractivity contribution in [1.29, 1.82) is 0 Å². The van der Waals surface area contributed by atoms with Crippen LogP contribution in [0, 0.1) is 34.9 Å². The van der Waals surface area contributed by atoms with E-state index in [-0.39, 0.29) is 30.4 Å². The highest BCUT2D eigenvalue weighted by Crippen LogP contribution is 2.25. The number of fused-ring (bicyclic) bond motifs is 1. The topological polar surface area (TPSA) is 0 Å². The predicted molar refractivity (Wildman–Crippen MR) is 121 cm³/mol. The van der Waals surface area contributed by atoms with E-state index in [0.717, 1.165) is 17.7 Å². The van der Waals surface area contributed by atoms with Gasteiger partial charge < -0.3 is 0 Å². The van der Waals surface area contributed by atoms with Crippen molar-refractivity contribution in [2.45, 2.75) is 39.0 Å². The molecule has 6 heteroatoms. The van der Waals surface area contributed by atoms with E-state index in [1.165, 1.54) is 12.1 Å². The Hall–Kier alpha value is -3.28. The minimum atomic E-state index is -1.53. The van der Waals surface area contributed by atoms with Gasteiger partial charge in [-0.15, -0.1) is 0 Å². The lowest BCUT2D eigenvalue weighted by atomic mass is 9.96. The smallest absolute Gasteiger partial charge is 0.194 e. The zero-order valence-corrected chi connectivity index (χ0v) is 18.5. The maximum absolute atomic E-state index is 15.0. The molecule has 0 N–H and O–H groups in total. The molecule has 0 atom stereocenters. The van der Waals surface area contributed by atoms with Crippen molar-refractivity contribution in [3.63, 3.8) is 0 Å². The van der Waals surface area contributed by atoms with Gasteiger partial charge in [-0.1, -0.05) is 37.3 Å². The van der Waals surface area contributed by atoms with Gasteiger partial charge in [-0.25, -0.2) is 26.3 Å². The average Bonchev–Trinajstić information content (AvgIpc) is 2.81. The van der Waals surface area contributed by atoms with Gasteiger partial charge in [0.05, 0.1) is 0 Å². The second kappa shape index (κ2) is 9.92. The molecular formula is C28H22F6. The number of hydrogen-bond acceptors (Lipinski definition) is 0. The lowest BCUT2D eigenvalue weighted by molar-refractivity contribution is 0.445. The summed E-state index contributed by atoms with van der Waals surface area (Å²) in [7, 11) is 0. The molecule has 176 valence electrons. The second-order valence-corrected chi connectivity index (χ2v) is 8.36. The first-order chi connectivity index (χ1) is 16.3. The predicted octanol–water partition coefficient (Wildman–Crippen LogP) is 7.81. The minimum absolute atomic E-state index is 0.0347. The summed E-state index contributed by atoms with van der Waals surface area (Å²) < 4.78 is 83.5. The van der Waals surface area contributed by atoms with Crippen molar-refractivity contribution >= 4 is 10.8 Å². The highest BCUT2D eigenvalue weighted by Gasteiger charge is 2.14. The summed E-state index contributed by atoms with van der Waals surface area (Å²) in [4.78, 5) is 0. The van der Waals surface area contributed by atoms with Gasteiger partial charge in [-0.05, 0) is 84.0 Å². The maximum Gasteiger partial charge on any atom is 0.194 e. The summed E-state index contributed by atoms with van der Waals surface area (Å²) in [5.74, 6) is -5.65. The molecule has 0 bridgehead atoms. The molecule has 4 aromatic carbocycles. The fourth-order valence-electron chi connectivity index (χ4n) is 4.13. The molecule has 0 saturated carbocycles. The van der Waals surface area contributed by atoms with Crippen molar-refractivity contribution in [2.24, 2.45) is 0 Å². The molecule has 0 radical (unpaired) electrons. The van der Waals surface area contributed by atoms with E-state index >= 15 is 4.39 Å². The van der Waals surface area contributed by atoms with E-state index in [4.69, 9.17) is 0 Å². The fourth-order valence-corrected chi connectivity index (χ4v) is 4.13. The molecule has 4 aromatic rings. The molecule has 0 aliphatic rings. The summed E-state index contributed by atoms with van der Waals surface area (Å²) in [5, 5.41) is 1.02. The van der Waals surface area contributed by atoms with Crippen LogP contribution < -0.4 is 0 Å². The van der Waals surface area contributed by atoms with E-state index in [0.29, 0.717) is 34.7 Å². The highest BCUT2D eigenvalue weighted by atomic mass is 19.2. The molecule has 0 fully saturated rings. The van der Waals surface area contributed by atoms with E-state index in [1.54, 1.807) is 30.3 Å². The molecule has 0 nitrogen and oxygen atoms in total. The lowest BCUT2D eigenvalue weighted by Crippen LogP contribution is -2.01. The molecule has 34 heavy (non-hydrogen) atoms. The van der Waals surface area contributed by atoms with E-state index in [2.05, 4.69) is 0 Å². The number of rotatable bonds is 7. The molecule has 4 rings (SSSR count). The van der Waals surface area contributed by atoms with Gasteiger partial charge in [0.25, 0.3) is 0 Å². The second-order valence-electron chi connectivity index (χ2n) is 8.36. The molecule has 0 saturated heterocycles. The largest absolute Gasteiger partial charge is 0.207 e. The van der Waals surface area contributed by atoms with Crippen LogP contribution in [0.5, 0.6) is 0 Å². The first-order valence-electron chi connectivity index (χ1n) is 11.1. The van der Waals surface area contributed by atoms with E-state index in [1.807, 2.05) is 6.92 Å². The molecular weight excluding hydrogens is 450 g/mol. The summed E-state index contributed by atoms with van der Waals surface area (Å²) >= 11 is 0. The number of halogens is 6. The van der Waals surface area contributed by atoms with Gasteiger partial charge in [0.2, 0.25) is 0 Å². The molecule has 0 amide bonds. The molecule has 0 aliphatic heterocycles. The Morgan fingerprint density at radius 2 is 1.15 bits per heavy atom. The van der Waals surface area contributed by atoms with Crippen molar-refractivity contribution in [3.8, 4) is 0 Å². The van der Waals surface area contributed by atoms with Gasteiger partial charge in [0.15, 0.2) is 17.5 Å². The van der Waals surface area contributed by atoms with Crippen LogP contribution in [0.2, 0.25) is 0 Å². The quantitative estimate of drug-likeness (QED) is 0.190. The average molecular weight is 472 g/mol. The monoisotopic (exact) mass is 472 g/mol. The minimum Gasteiger partial charge on any atom is -0.207 e. The van der Waals surface area contributed by atoms with Crippen molar-refractivity contribution in [2.75, 3.05) is 0 Å². The van der Waals surface area contributed by atoms with Crippen LogP contribution in [0.3, 0.4) is 0 Å². The Balaban J connectivity index is 1.50. The third kappa shape index (κ3) is 4.96. The Morgan fingerprint density at radius 1 is 0.529 bits per heavy atom. The first kappa shape index (κ1) is 23.9. The van der Waals surface area contributed by atoms with Gasteiger partial charge in [0.1, 0.15) is 17.5 Å². The van der Waals surface area contributed by atoms with Crippen LogP contribution >= 0.6 is 0 Å². The van der Waals surface area contributed by atoms with Gasteiger partial charge in [-0.3, -0.25) is 0 Å². The normalized spacial score (nSPS) is 11.4. The maximum atomic E-state index is 15.0. The van der Waals surface area contributed by atoms with Crippen LogP contribution in [0.1, 0.15) is 34.7 Å². The Morgan fingerprint density at radius 3 is 1.79 bits per heavy atom. The lowest BCUT2D eigenvalue weighted by Gasteiger charge is -2.10. The van der Waals surface area contributed by atoms with E-state index in [9.17, 15) is 22.0 Å². The molecule has 0 heterocycles. The summed E-state index contributed by atoms with van der Waals surface area (Å²) in [6, 6.07) is 13.0. The van der Waals surface area contributed by atoms with Crippen LogP contribution in [0.25, 0.3) is 10.8 Å². The zero-order chi connectivity index (χ0) is 24.4. The summed E-state index contributed by atoms with van der Waals surface area (Å²) in [5.41, 5.74) is 2.05. The Labute approximate surface area is 193 Å². The number of hydrogen-bond donors (Lipinski definition) is 0. The SMILES string of the molecule is CCc1cc(F)c(CCc2ccc3c(F)c(CCc4cc(F)c(F)c(F)c4)ccc3c2)c(F)c1. The zero-order valence-electron chi connectivity index (χ0n) is 18.5. The third-order valence-electron chi connectivity index (χ3n) is 6.10. The van der Waals surface area contributed by atoms with Gasteiger partial charge in [0, 0.05) is 10.9 Å². The first-order valence-corrected chi connectivity index (χ1v) is 11.1. The fraction of sp³-hybridized carbons (Fsp3) is 0.214. The molecule has 0 aliphatic carbocycles. The summed E-state index contributed by atoms with van der Waals surface area (Å²) in [6.07, 6.45) is 1.44. The van der Waals surface area contributed by atoms with Crippen molar-refractivity contribution in [1.82, 2.24) is 0 Å². The Kier molecular flexibility index (Phi) is 6.96. The Bertz CT molecular complexity index is 1310. The molecule has 0 unspecified atom stereocenters. The number of aryl methyl sites for hydroxylation is 4. The number of benzene rings is 4.